The molecule has 0 radical (unpaired) electrons. The number of methoxy groups -OCH3 is 1. The van der Waals surface area contributed by atoms with Crippen LogP contribution in [0.3, 0.4) is 0 Å². The van der Waals surface area contributed by atoms with Crippen LogP contribution < -0.4 is 4.74 Å². The normalized spacial score (nSPS) is 10.8. The Morgan fingerprint density at radius 2 is 2.14 bits per heavy atom. The van der Waals surface area contributed by atoms with E-state index in [4.69, 9.17) is 4.74 Å². The molecule has 1 N–H and O–H groups in total. The Labute approximate surface area is 119 Å². The predicted molar refractivity (Wildman–Crippen MR) is 74.1 cm³/mol. The molecule has 6 heteroatoms. The molecule has 0 fully saturated rings. The second-order valence-electron chi connectivity index (χ2n) is 4.42. The van der Waals surface area contributed by atoms with Gasteiger partial charge in [0.15, 0.2) is 5.69 Å². The Morgan fingerprint density at radius 3 is 2.86 bits per heavy atom. The molecule has 0 atom stereocenters. The van der Waals surface area contributed by atoms with Gasteiger partial charge in [-0.1, -0.05) is 12.1 Å². The molecule has 0 aliphatic rings. The highest BCUT2D eigenvalue weighted by molar-refractivity contribution is 5.94. The fourth-order valence-corrected chi connectivity index (χ4v) is 2.19. The fourth-order valence-electron chi connectivity index (χ4n) is 2.19. The summed E-state index contributed by atoms with van der Waals surface area (Å²) in [7, 11) is 1.52. The lowest BCUT2D eigenvalue weighted by molar-refractivity contribution is 0.0690. The molecule has 3 aromatic rings. The van der Waals surface area contributed by atoms with Gasteiger partial charge in [0.1, 0.15) is 22.9 Å². The summed E-state index contributed by atoms with van der Waals surface area (Å²) in [6.45, 7) is 0. The topological polar surface area (TPSA) is 63.8 Å². The van der Waals surface area contributed by atoms with Gasteiger partial charge in [-0.3, -0.25) is 4.40 Å². The zero-order chi connectivity index (χ0) is 15.0. The lowest BCUT2D eigenvalue weighted by atomic mass is 10.1. The van der Waals surface area contributed by atoms with Crippen LogP contribution in [-0.2, 0) is 0 Å². The van der Waals surface area contributed by atoms with Crippen LogP contribution in [0, 0.1) is 5.82 Å². The number of rotatable bonds is 3. The quantitative estimate of drug-likeness (QED) is 0.804. The maximum Gasteiger partial charge on any atom is 0.355 e. The van der Waals surface area contributed by atoms with Crippen molar-refractivity contribution in [2.45, 2.75) is 0 Å². The summed E-state index contributed by atoms with van der Waals surface area (Å²) in [6.07, 6.45) is 1.11. The van der Waals surface area contributed by atoms with E-state index in [1.54, 1.807) is 24.3 Å². The van der Waals surface area contributed by atoms with E-state index in [0.29, 0.717) is 17.0 Å². The number of hydrogen-bond donors (Lipinski definition) is 1. The van der Waals surface area contributed by atoms with Crippen LogP contribution in [0.1, 0.15) is 10.5 Å². The van der Waals surface area contributed by atoms with Gasteiger partial charge in [0.25, 0.3) is 0 Å². The fraction of sp³-hybridized carbons (Fsp3) is 0.0667. The first kappa shape index (κ1) is 13.1. The number of benzene rings is 1. The van der Waals surface area contributed by atoms with Crippen molar-refractivity contribution >= 4 is 11.6 Å². The van der Waals surface area contributed by atoms with Gasteiger partial charge >= 0.3 is 5.97 Å². The average molecular weight is 286 g/mol. The Morgan fingerprint density at radius 1 is 1.33 bits per heavy atom. The van der Waals surface area contributed by atoms with Gasteiger partial charge in [-0.25, -0.2) is 14.2 Å². The predicted octanol–water partition coefficient (Wildman–Crippen LogP) is 2.85. The molecule has 0 saturated carbocycles. The van der Waals surface area contributed by atoms with Gasteiger partial charge in [-0.2, -0.15) is 0 Å². The number of carboxylic acids is 1. The monoisotopic (exact) mass is 286 g/mol. The summed E-state index contributed by atoms with van der Waals surface area (Å²) in [5.41, 5.74) is 1.15. The van der Waals surface area contributed by atoms with Crippen molar-refractivity contribution < 1.29 is 19.0 Å². The molecule has 0 bridgehead atoms. The van der Waals surface area contributed by atoms with Gasteiger partial charge in [0, 0.05) is 11.8 Å². The molecule has 0 aliphatic carbocycles. The van der Waals surface area contributed by atoms with Gasteiger partial charge in [0.2, 0.25) is 0 Å². The van der Waals surface area contributed by atoms with E-state index in [9.17, 15) is 14.3 Å². The molecule has 0 aliphatic heterocycles. The van der Waals surface area contributed by atoms with E-state index < -0.39 is 11.8 Å². The number of nitrogens with zero attached hydrogens (tertiary/aromatic N) is 2. The van der Waals surface area contributed by atoms with Crippen molar-refractivity contribution in [3.8, 4) is 17.0 Å². The molecule has 5 nitrogen and oxygen atoms in total. The molecule has 0 unspecified atom stereocenters. The number of imidazole rings is 1. The van der Waals surface area contributed by atoms with Gasteiger partial charge in [-0.15, -0.1) is 0 Å². The van der Waals surface area contributed by atoms with Gasteiger partial charge in [0.05, 0.1) is 7.11 Å². The Hall–Kier alpha value is -2.89. The molecule has 106 valence electrons. The maximum absolute atomic E-state index is 13.3. The number of fused-ring (bicyclic) bond motifs is 1. The highest BCUT2D eigenvalue weighted by Crippen LogP contribution is 2.27. The van der Waals surface area contributed by atoms with Crippen molar-refractivity contribution in [2.75, 3.05) is 7.11 Å². The molecular formula is C15H11FN2O3. The Bertz CT molecular complexity index is 842. The molecule has 0 amide bonds. The lowest BCUT2D eigenvalue weighted by Gasteiger charge is -2.03. The number of halogens is 1. The third kappa shape index (κ3) is 2.20. The van der Waals surface area contributed by atoms with E-state index in [-0.39, 0.29) is 11.4 Å². The SMILES string of the molecule is COc1cccc(-c2nc3ccc(F)cn3c2C(=O)O)c1. The molecule has 0 spiro atoms. The number of ether oxygens (including phenoxy) is 1. The van der Waals surface area contributed by atoms with Gasteiger partial charge < -0.3 is 9.84 Å². The second-order valence-corrected chi connectivity index (χ2v) is 4.42. The van der Waals surface area contributed by atoms with E-state index in [1.807, 2.05) is 0 Å². The minimum atomic E-state index is -1.18. The number of pyridine rings is 1. The van der Waals surface area contributed by atoms with E-state index in [2.05, 4.69) is 4.98 Å². The Balaban J connectivity index is 2.31. The van der Waals surface area contributed by atoms with Crippen LogP contribution >= 0.6 is 0 Å². The summed E-state index contributed by atoms with van der Waals surface area (Å²) in [5, 5.41) is 9.42. The van der Waals surface area contributed by atoms with Crippen molar-refractivity contribution in [2.24, 2.45) is 0 Å². The molecule has 1 aromatic carbocycles. The highest BCUT2D eigenvalue weighted by atomic mass is 19.1. The van der Waals surface area contributed by atoms with E-state index in [1.165, 1.54) is 23.6 Å². The van der Waals surface area contributed by atoms with Crippen LogP contribution in [0.4, 0.5) is 4.39 Å². The number of carbonyl (C=O) groups is 1. The zero-order valence-corrected chi connectivity index (χ0v) is 11.1. The van der Waals surface area contributed by atoms with Gasteiger partial charge in [-0.05, 0) is 24.3 Å². The number of aromatic carboxylic acids is 1. The molecule has 2 heterocycles. The molecular weight excluding hydrogens is 275 g/mol. The second kappa shape index (κ2) is 4.90. The molecule has 2 aromatic heterocycles. The standard InChI is InChI=1S/C15H11FN2O3/c1-21-11-4-2-3-9(7-11)13-14(15(19)20)18-8-10(16)5-6-12(18)17-13/h2-8H,1H3,(H,19,20). The van der Waals surface area contributed by atoms with Crippen LogP contribution in [0.15, 0.2) is 42.6 Å². The first-order chi connectivity index (χ1) is 10.1. The minimum Gasteiger partial charge on any atom is -0.497 e. The van der Waals surface area contributed by atoms with E-state index >= 15 is 0 Å². The highest BCUT2D eigenvalue weighted by Gasteiger charge is 2.20. The molecule has 0 saturated heterocycles. The van der Waals surface area contributed by atoms with Crippen LogP contribution in [0.5, 0.6) is 5.75 Å². The number of aromatic nitrogens is 2. The summed E-state index contributed by atoms with van der Waals surface area (Å²) in [6, 6.07) is 9.58. The third-order valence-electron chi connectivity index (χ3n) is 3.13. The van der Waals surface area contributed by atoms with Crippen LogP contribution in [0.2, 0.25) is 0 Å². The van der Waals surface area contributed by atoms with Crippen molar-refractivity contribution in [3.63, 3.8) is 0 Å². The molecule has 21 heavy (non-hydrogen) atoms. The summed E-state index contributed by atoms with van der Waals surface area (Å²) < 4.78 is 19.7. The van der Waals surface area contributed by atoms with Crippen molar-refractivity contribution in [1.29, 1.82) is 0 Å². The first-order valence-corrected chi connectivity index (χ1v) is 6.15. The largest absolute Gasteiger partial charge is 0.497 e. The van der Waals surface area contributed by atoms with Crippen molar-refractivity contribution in [1.82, 2.24) is 9.38 Å². The van der Waals surface area contributed by atoms with E-state index in [0.717, 1.165) is 6.20 Å². The zero-order valence-electron chi connectivity index (χ0n) is 11.1. The van der Waals surface area contributed by atoms with Crippen LogP contribution in [0.25, 0.3) is 16.9 Å². The lowest BCUT2D eigenvalue weighted by Crippen LogP contribution is -2.04. The smallest absolute Gasteiger partial charge is 0.355 e. The number of hydrogen-bond acceptors (Lipinski definition) is 3. The summed E-state index contributed by atoms with van der Waals surface area (Å²) in [4.78, 5) is 15.8. The minimum absolute atomic E-state index is 0.0854. The van der Waals surface area contributed by atoms with Crippen molar-refractivity contribution in [3.05, 3.63) is 54.1 Å². The Kier molecular flexibility index (Phi) is 3.06. The average Bonchev–Trinajstić information content (AvgIpc) is 2.86. The van der Waals surface area contributed by atoms with Crippen LogP contribution in [-0.4, -0.2) is 27.6 Å². The molecule has 3 rings (SSSR count). The maximum atomic E-state index is 13.3. The first-order valence-electron chi connectivity index (χ1n) is 6.15. The summed E-state index contributed by atoms with van der Waals surface area (Å²) in [5.74, 6) is -1.11. The number of carboxylic acid groups (broad SMARTS) is 1. The summed E-state index contributed by atoms with van der Waals surface area (Å²) >= 11 is 0. The third-order valence-corrected chi connectivity index (χ3v) is 3.13.